The minimum Gasteiger partial charge on any atom is -0.341 e. The molecule has 92 valence electrons. The molecule has 2 fully saturated rings. The molecule has 0 radical (unpaired) electrons. The lowest BCUT2D eigenvalue weighted by Crippen LogP contribution is -2.38. The normalized spacial score (nSPS) is 31.6. The predicted molar refractivity (Wildman–Crippen MR) is 64.3 cm³/mol. The average Bonchev–Trinajstić information content (AvgIpc) is 2.88. The van der Waals surface area contributed by atoms with Crippen LogP contribution in [0.25, 0.3) is 0 Å². The molecule has 0 aromatic carbocycles. The van der Waals surface area contributed by atoms with Crippen LogP contribution in [0.2, 0.25) is 0 Å². The van der Waals surface area contributed by atoms with Gasteiger partial charge in [0.2, 0.25) is 5.91 Å². The first-order valence-electron chi connectivity index (χ1n) is 6.43. The molecule has 0 aromatic rings. The van der Waals surface area contributed by atoms with Crippen molar-refractivity contribution < 1.29 is 4.79 Å². The summed E-state index contributed by atoms with van der Waals surface area (Å²) >= 11 is 0. The number of carbonyl (C=O) groups is 1. The van der Waals surface area contributed by atoms with Gasteiger partial charge in [-0.2, -0.15) is 0 Å². The third-order valence-electron chi connectivity index (χ3n) is 3.94. The van der Waals surface area contributed by atoms with Crippen LogP contribution in [-0.4, -0.2) is 61.5 Å². The van der Waals surface area contributed by atoms with Crippen molar-refractivity contribution in [1.29, 1.82) is 0 Å². The maximum Gasteiger partial charge on any atom is 0.239 e. The highest BCUT2D eigenvalue weighted by atomic mass is 16.2. The zero-order valence-corrected chi connectivity index (χ0v) is 10.4. The van der Waals surface area contributed by atoms with E-state index < -0.39 is 0 Å². The monoisotopic (exact) mass is 225 g/mol. The molecule has 0 spiro atoms. The third-order valence-corrected chi connectivity index (χ3v) is 3.94. The Hall–Kier alpha value is -0.610. The molecule has 1 amide bonds. The second-order valence-electron chi connectivity index (χ2n) is 4.96. The first-order valence-corrected chi connectivity index (χ1v) is 6.43. The van der Waals surface area contributed by atoms with Crippen molar-refractivity contribution >= 4 is 5.91 Å². The second-order valence-corrected chi connectivity index (χ2v) is 4.96. The lowest BCUT2D eigenvalue weighted by Gasteiger charge is -2.21. The van der Waals surface area contributed by atoms with Gasteiger partial charge in [-0.15, -0.1) is 0 Å². The largest absolute Gasteiger partial charge is 0.341 e. The number of carbonyl (C=O) groups excluding carboxylic acids is 1. The first-order chi connectivity index (χ1) is 7.74. The number of nitrogens with zero attached hydrogens (tertiary/aromatic N) is 2. The van der Waals surface area contributed by atoms with Gasteiger partial charge in [0.1, 0.15) is 0 Å². The van der Waals surface area contributed by atoms with Gasteiger partial charge >= 0.3 is 0 Å². The van der Waals surface area contributed by atoms with E-state index in [0.29, 0.717) is 11.8 Å². The fourth-order valence-corrected chi connectivity index (χ4v) is 2.85. The Balaban J connectivity index is 1.80. The summed E-state index contributed by atoms with van der Waals surface area (Å²) in [6.07, 6.45) is 2.22. The van der Waals surface area contributed by atoms with E-state index in [1.165, 1.54) is 19.5 Å². The molecule has 0 aliphatic carbocycles. The number of likely N-dealkylation sites (N-methyl/N-ethyl adjacent to an activating group) is 1. The van der Waals surface area contributed by atoms with Gasteiger partial charge in [-0.05, 0) is 38.9 Å². The fourth-order valence-electron chi connectivity index (χ4n) is 2.85. The zero-order valence-electron chi connectivity index (χ0n) is 10.4. The van der Waals surface area contributed by atoms with Gasteiger partial charge in [0.05, 0.1) is 6.04 Å². The summed E-state index contributed by atoms with van der Waals surface area (Å²) in [5.41, 5.74) is 0. The number of nitrogens with one attached hydrogen (secondary N) is 1. The zero-order chi connectivity index (χ0) is 11.5. The van der Waals surface area contributed by atoms with Gasteiger partial charge in [0.25, 0.3) is 0 Å². The van der Waals surface area contributed by atoms with Gasteiger partial charge in [-0.25, -0.2) is 0 Å². The number of amides is 1. The van der Waals surface area contributed by atoms with Crippen molar-refractivity contribution in [2.75, 3.05) is 39.8 Å². The summed E-state index contributed by atoms with van der Waals surface area (Å²) in [7, 11) is 1.88. The summed E-state index contributed by atoms with van der Waals surface area (Å²) in [5.74, 6) is 0.997. The van der Waals surface area contributed by atoms with E-state index in [2.05, 4.69) is 17.1 Å². The lowest BCUT2D eigenvalue weighted by molar-refractivity contribution is -0.129. The van der Waals surface area contributed by atoms with Crippen LogP contribution in [0, 0.1) is 5.92 Å². The second kappa shape index (κ2) is 5.15. The first kappa shape index (κ1) is 11.9. The molecule has 2 aliphatic heterocycles. The minimum atomic E-state index is 0.0729. The molecular weight excluding hydrogens is 202 g/mol. The number of likely N-dealkylation sites (tertiary alicyclic amines) is 2. The van der Waals surface area contributed by atoms with Crippen LogP contribution in [0.5, 0.6) is 0 Å². The van der Waals surface area contributed by atoms with Gasteiger partial charge in [-0.3, -0.25) is 4.79 Å². The van der Waals surface area contributed by atoms with Gasteiger partial charge in [0.15, 0.2) is 0 Å². The molecule has 2 rings (SSSR count). The van der Waals surface area contributed by atoms with E-state index in [1.807, 2.05) is 11.9 Å². The molecule has 16 heavy (non-hydrogen) atoms. The fraction of sp³-hybridized carbons (Fsp3) is 0.917. The molecule has 2 saturated heterocycles. The number of hydrogen-bond acceptors (Lipinski definition) is 3. The summed E-state index contributed by atoms with van der Waals surface area (Å²) in [6, 6.07) is 0.0729. The van der Waals surface area contributed by atoms with Crippen molar-refractivity contribution in [3.63, 3.8) is 0 Å². The molecular formula is C12H23N3O. The summed E-state index contributed by atoms with van der Waals surface area (Å²) in [5, 5.41) is 3.09. The molecule has 4 nitrogen and oxygen atoms in total. The Morgan fingerprint density at radius 3 is 2.75 bits per heavy atom. The van der Waals surface area contributed by atoms with E-state index in [-0.39, 0.29) is 6.04 Å². The molecule has 0 saturated carbocycles. The molecule has 1 N–H and O–H groups in total. The maximum absolute atomic E-state index is 11.9. The molecule has 4 heteroatoms. The molecule has 0 aromatic heterocycles. The molecule has 2 atom stereocenters. The maximum atomic E-state index is 11.9. The van der Waals surface area contributed by atoms with Crippen LogP contribution < -0.4 is 5.32 Å². The van der Waals surface area contributed by atoms with E-state index in [0.717, 1.165) is 26.1 Å². The Bertz CT molecular complexity index is 257. The smallest absolute Gasteiger partial charge is 0.239 e. The standard InChI is InChI=1S/C12H23N3O/c1-3-14-6-4-10(8-14)9-15-7-5-11(13-2)12(15)16/h10-11,13H,3-9H2,1-2H3. The summed E-state index contributed by atoms with van der Waals surface area (Å²) < 4.78 is 0. The molecule has 2 unspecified atom stereocenters. The molecule has 0 bridgehead atoms. The highest BCUT2D eigenvalue weighted by molar-refractivity contribution is 5.83. The SMILES string of the molecule is CCN1CCC(CN2CCC(NC)C2=O)C1. The topological polar surface area (TPSA) is 35.6 Å². The van der Waals surface area contributed by atoms with Gasteiger partial charge < -0.3 is 15.1 Å². The highest BCUT2D eigenvalue weighted by Gasteiger charge is 2.33. The van der Waals surface area contributed by atoms with Crippen LogP contribution in [-0.2, 0) is 4.79 Å². The van der Waals surface area contributed by atoms with Crippen LogP contribution in [0.1, 0.15) is 19.8 Å². The van der Waals surface area contributed by atoms with E-state index in [4.69, 9.17) is 0 Å². The van der Waals surface area contributed by atoms with Gasteiger partial charge in [-0.1, -0.05) is 6.92 Å². The molecule has 2 heterocycles. The van der Waals surface area contributed by atoms with E-state index in [1.54, 1.807) is 0 Å². The highest BCUT2D eigenvalue weighted by Crippen LogP contribution is 2.20. The van der Waals surface area contributed by atoms with Crippen molar-refractivity contribution in [2.45, 2.75) is 25.8 Å². The van der Waals surface area contributed by atoms with Crippen LogP contribution in [0.3, 0.4) is 0 Å². The van der Waals surface area contributed by atoms with E-state index >= 15 is 0 Å². The van der Waals surface area contributed by atoms with Crippen molar-refractivity contribution in [2.24, 2.45) is 5.92 Å². The Labute approximate surface area is 98.0 Å². The summed E-state index contributed by atoms with van der Waals surface area (Å²) in [6.45, 7) is 7.63. The number of rotatable bonds is 4. The third kappa shape index (κ3) is 2.38. The van der Waals surface area contributed by atoms with Crippen LogP contribution in [0.4, 0.5) is 0 Å². The lowest BCUT2D eigenvalue weighted by atomic mass is 10.1. The quantitative estimate of drug-likeness (QED) is 0.740. The van der Waals surface area contributed by atoms with Crippen molar-refractivity contribution in [3.8, 4) is 0 Å². The Morgan fingerprint density at radius 2 is 2.19 bits per heavy atom. The van der Waals surface area contributed by atoms with Gasteiger partial charge in [0, 0.05) is 19.6 Å². The van der Waals surface area contributed by atoms with Crippen molar-refractivity contribution in [1.82, 2.24) is 15.1 Å². The van der Waals surface area contributed by atoms with E-state index in [9.17, 15) is 4.79 Å². The Kier molecular flexibility index (Phi) is 3.82. The predicted octanol–water partition coefficient (Wildman–Crippen LogP) is 0.149. The number of hydrogen-bond donors (Lipinski definition) is 1. The minimum absolute atomic E-state index is 0.0729. The van der Waals surface area contributed by atoms with Crippen molar-refractivity contribution in [3.05, 3.63) is 0 Å². The van der Waals surface area contributed by atoms with Crippen LogP contribution >= 0.6 is 0 Å². The van der Waals surface area contributed by atoms with Crippen LogP contribution in [0.15, 0.2) is 0 Å². The Morgan fingerprint density at radius 1 is 1.38 bits per heavy atom. The molecule has 2 aliphatic rings. The summed E-state index contributed by atoms with van der Waals surface area (Å²) in [4.78, 5) is 16.4. The average molecular weight is 225 g/mol.